The summed E-state index contributed by atoms with van der Waals surface area (Å²) in [6, 6.07) is 0. The highest BCUT2D eigenvalue weighted by atomic mass is 16.5. The Morgan fingerprint density at radius 2 is 0.595 bits per heavy atom. The zero-order valence-electron chi connectivity index (χ0n) is 25.1. The minimum atomic E-state index is -0.00703. The molecule has 0 aromatic heterocycles. The van der Waals surface area contributed by atoms with E-state index in [0.717, 1.165) is 38.5 Å². The fraction of sp³-hybridized carbons (Fsp3) is 0.939. The van der Waals surface area contributed by atoms with Crippen LogP contribution in [0.2, 0.25) is 0 Å². The number of carbonyl (C=O) groups excluding carboxylic acids is 2. The first kappa shape index (κ1) is 35.9. The average molecular weight is 525 g/mol. The molecule has 0 heterocycles. The first-order valence-corrected chi connectivity index (χ1v) is 16.5. The van der Waals surface area contributed by atoms with E-state index < -0.39 is 0 Å². The standard InChI is InChI=1S/C33H64O4/c1-3-5-7-9-18-22-26-30-36-32(34)28-24-20-16-14-12-11-13-15-17-21-25-29-33(35)37-31-27-23-19-10-8-6-4-2/h3-31H2,1-2H3. The quantitative estimate of drug-likeness (QED) is 0.0692. The average Bonchev–Trinajstić information content (AvgIpc) is 2.89. The van der Waals surface area contributed by atoms with Crippen LogP contribution in [0, 0.1) is 0 Å². The lowest BCUT2D eigenvalue weighted by atomic mass is 10.0. The monoisotopic (exact) mass is 524 g/mol. The summed E-state index contributed by atoms with van der Waals surface area (Å²) in [5.41, 5.74) is 0. The van der Waals surface area contributed by atoms with Crippen molar-refractivity contribution in [2.75, 3.05) is 13.2 Å². The maximum Gasteiger partial charge on any atom is 0.305 e. The van der Waals surface area contributed by atoms with Gasteiger partial charge < -0.3 is 9.47 Å². The molecule has 0 atom stereocenters. The van der Waals surface area contributed by atoms with Crippen LogP contribution in [-0.2, 0) is 19.1 Å². The van der Waals surface area contributed by atoms with Crippen molar-refractivity contribution in [3.05, 3.63) is 0 Å². The van der Waals surface area contributed by atoms with Gasteiger partial charge in [-0.15, -0.1) is 0 Å². The van der Waals surface area contributed by atoms with Gasteiger partial charge >= 0.3 is 11.9 Å². The van der Waals surface area contributed by atoms with Crippen molar-refractivity contribution in [2.45, 2.75) is 187 Å². The van der Waals surface area contributed by atoms with Crippen molar-refractivity contribution in [3.8, 4) is 0 Å². The van der Waals surface area contributed by atoms with Gasteiger partial charge in [0.05, 0.1) is 13.2 Å². The summed E-state index contributed by atoms with van der Waals surface area (Å²) in [6.07, 6.45) is 31.8. The summed E-state index contributed by atoms with van der Waals surface area (Å²) in [7, 11) is 0. The van der Waals surface area contributed by atoms with Gasteiger partial charge in [-0.3, -0.25) is 9.59 Å². The Labute approximate surface area is 231 Å². The van der Waals surface area contributed by atoms with Crippen LogP contribution in [-0.4, -0.2) is 25.2 Å². The highest BCUT2D eigenvalue weighted by Crippen LogP contribution is 2.14. The fourth-order valence-electron chi connectivity index (χ4n) is 4.76. The van der Waals surface area contributed by atoms with E-state index in [0.29, 0.717) is 26.1 Å². The van der Waals surface area contributed by atoms with Gasteiger partial charge in [-0.2, -0.15) is 0 Å². The molecule has 0 aromatic rings. The number of esters is 2. The summed E-state index contributed by atoms with van der Waals surface area (Å²) < 4.78 is 10.7. The van der Waals surface area contributed by atoms with E-state index in [-0.39, 0.29) is 11.9 Å². The minimum Gasteiger partial charge on any atom is -0.466 e. The molecule has 0 fully saturated rings. The third-order valence-corrected chi connectivity index (χ3v) is 7.28. The van der Waals surface area contributed by atoms with Crippen molar-refractivity contribution in [1.82, 2.24) is 0 Å². The van der Waals surface area contributed by atoms with Crippen LogP contribution in [0.25, 0.3) is 0 Å². The Morgan fingerprint density at radius 3 is 0.892 bits per heavy atom. The number of carbonyl (C=O) groups is 2. The van der Waals surface area contributed by atoms with Gasteiger partial charge in [-0.05, 0) is 25.7 Å². The lowest BCUT2D eigenvalue weighted by Gasteiger charge is -2.06. The molecule has 0 saturated carbocycles. The summed E-state index contributed by atoms with van der Waals surface area (Å²) >= 11 is 0. The van der Waals surface area contributed by atoms with Gasteiger partial charge in [0.15, 0.2) is 0 Å². The molecule has 0 N–H and O–H groups in total. The van der Waals surface area contributed by atoms with Crippen LogP contribution in [0.4, 0.5) is 0 Å². The highest BCUT2D eigenvalue weighted by Gasteiger charge is 2.04. The molecule has 37 heavy (non-hydrogen) atoms. The smallest absolute Gasteiger partial charge is 0.305 e. The molecular formula is C33H64O4. The van der Waals surface area contributed by atoms with E-state index in [1.165, 1.54) is 122 Å². The molecule has 4 nitrogen and oxygen atoms in total. The van der Waals surface area contributed by atoms with E-state index in [1.807, 2.05) is 0 Å². The molecule has 0 aliphatic carbocycles. The molecule has 0 unspecified atom stereocenters. The van der Waals surface area contributed by atoms with Crippen LogP contribution in [0.15, 0.2) is 0 Å². The Hall–Kier alpha value is -1.06. The second-order valence-electron chi connectivity index (χ2n) is 11.1. The van der Waals surface area contributed by atoms with Gasteiger partial charge in [0.25, 0.3) is 0 Å². The molecule has 0 amide bonds. The number of hydrogen-bond acceptors (Lipinski definition) is 4. The Bertz CT molecular complexity index is 435. The van der Waals surface area contributed by atoms with Gasteiger partial charge in [0, 0.05) is 12.8 Å². The number of hydrogen-bond donors (Lipinski definition) is 0. The van der Waals surface area contributed by atoms with E-state index in [9.17, 15) is 9.59 Å². The third kappa shape index (κ3) is 31.1. The van der Waals surface area contributed by atoms with E-state index in [1.54, 1.807) is 0 Å². The second kappa shape index (κ2) is 31.2. The first-order valence-electron chi connectivity index (χ1n) is 16.5. The molecule has 0 spiro atoms. The van der Waals surface area contributed by atoms with Crippen molar-refractivity contribution < 1.29 is 19.1 Å². The Kier molecular flexibility index (Phi) is 30.3. The lowest BCUT2D eigenvalue weighted by Crippen LogP contribution is -2.05. The lowest BCUT2D eigenvalue weighted by molar-refractivity contribution is -0.144. The molecule has 0 aliphatic rings. The van der Waals surface area contributed by atoms with Gasteiger partial charge in [0.2, 0.25) is 0 Å². The van der Waals surface area contributed by atoms with Gasteiger partial charge in [-0.1, -0.05) is 149 Å². The Balaban J connectivity index is 3.21. The SMILES string of the molecule is CCCCCCCCCOC(=O)CCCCCCCCCCCCCC(=O)OCCCCCCCCC. The molecule has 0 aliphatic heterocycles. The van der Waals surface area contributed by atoms with Crippen LogP contribution < -0.4 is 0 Å². The normalized spacial score (nSPS) is 11.1. The van der Waals surface area contributed by atoms with Crippen LogP contribution in [0.5, 0.6) is 0 Å². The van der Waals surface area contributed by atoms with Crippen LogP contribution >= 0.6 is 0 Å². The topological polar surface area (TPSA) is 52.6 Å². The largest absolute Gasteiger partial charge is 0.466 e. The van der Waals surface area contributed by atoms with E-state index in [4.69, 9.17) is 9.47 Å². The molecule has 220 valence electrons. The predicted molar refractivity (Wildman–Crippen MR) is 158 cm³/mol. The highest BCUT2D eigenvalue weighted by molar-refractivity contribution is 5.69. The number of unbranched alkanes of at least 4 members (excludes halogenated alkanes) is 22. The third-order valence-electron chi connectivity index (χ3n) is 7.28. The number of ether oxygens (including phenoxy) is 2. The fourth-order valence-corrected chi connectivity index (χ4v) is 4.76. The molecule has 0 rings (SSSR count). The zero-order valence-corrected chi connectivity index (χ0v) is 25.1. The minimum absolute atomic E-state index is 0.00703. The maximum atomic E-state index is 11.8. The molecule has 0 aromatic carbocycles. The van der Waals surface area contributed by atoms with E-state index in [2.05, 4.69) is 13.8 Å². The molecular weight excluding hydrogens is 460 g/mol. The van der Waals surface area contributed by atoms with E-state index >= 15 is 0 Å². The zero-order chi connectivity index (χ0) is 27.1. The van der Waals surface area contributed by atoms with Crippen molar-refractivity contribution in [1.29, 1.82) is 0 Å². The van der Waals surface area contributed by atoms with Crippen molar-refractivity contribution in [3.63, 3.8) is 0 Å². The summed E-state index contributed by atoms with van der Waals surface area (Å²) in [4.78, 5) is 23.6. The summed E-state index contributed by atoms with van der Waals surface area (Å²) in [6.45, 7) is 5.70. The second-order valence-corrected chi connectivity index (χ2v) is 11.1. The summed E-state index contributed by atoms with van der Waals surface area (Å²) in [5, 5.41) is 0. The molecule has 0 bridgehead atoms. The first-order chi connectivity index (χ1) is 18.2. The maximum absolute atomic E-state index is 11.8. The van der Waals surface area contributed by atoms with Gasteiger partial charge in [-0.25, -0.2) is 0 Å². The molecule has 4 heteroatoms. The predicted octanol–water partition coefficient (Wildman–Crippen LogP) is 10.6. The van der Waals surface area contributed by atoms with Crippen LogP contribution in [0.1, 0.15) is 187 Å². The number of rotatable bonds is 30. The molecule has 0 saturated heterocycles. The van der Waals surface area contributed by atoms with Crippen LogP contribution in [0.3, 0.4) is 0 Å². The Morgan fingerprint density at radius 1 is 0.351 bits per heavy atom. The van der Waals surface area contributed by atoms with Crippen molar-refractivity contribution >= 4 is 11.9 Å². The van der Waals surface area contributed by atoms with Gasteiger partial charge in [0.1, 0.15) is 0 Å². The summed E-state index contributed by atoms with van der Waals surface area (Å²) in [5.74, 6) is -0.0141. The van der Waals surface area contributed by atoms with Crippen molar-refractivity contribution in [2.24, 2.45) is 0 Å². The molecule has 0 radical (unpaired) electrons.